The van der Waals surface area contributed by atoms with Crippen molar-refractivity contribution >= 4 is 17.5 Å². The third-order valence-corrected chi connectivity index (χ3v) is 6.09. The van der Waals surface area contributed by atoms with E-state index < -0.39 is 11.5 Å². The number of anilines is 1. The van der Waals surface area contributed by atoms with Crippen LogP contribution in [-0.2, 0) is 10.2 Å². The monoisotopic (exact) mass is 387 g/mol. The van der Waals surface area contributed by atoms with Crippen LogP contribution in [0.15, 0.2) is 66.9 Å². The summed E-state index contributed by atoms with van der Waals surface area (Å²) < 4.78 is 5.42. The second-order valence-corrected chi connectivity index (χ2v) is 7.48. The molecule has 29 heavy (non-hydrogen) atoms. The molecule has 3 heterocycles. The van der Waals surface area contributed by atoms with E-state index in [2.05, 4.69) is 10.3 Å². The summed E-state index contributed by atoms with van der Waals surface area (Å²) in [6.07, 6.45) is 2.29. The van der Waals surface area contributed by atoms with E-state index in [4.69, 9.17) is 4.74 Å². The van der Waals surface area contributed by atoms with Crippen LogP contribution in [0.25, 0.3) is 0 Å². The molecular weight excluding hydrogens is 366 g/mol. The predicted molar refractivity (Wildman–Crippen MR) is 109 cm³/mol. The molecule has 3 aromatic rings. The fourth-order valence-electron chi connectivity index (χ4n) is 4.80. The first-order valence-corrected chi connectivity index (χ1v) is 9.64. The summed E-state index contributed by atoms with van der Waals surface area (Å²) in [7, 11) is 1.61. The van der Waals surface area contributed by atoms with Crippen LogP contribution in [0.3, 0.4) is 0 Å². The van der Waals surface area contributed by atoms with Gasteiger partial charge in [0, 0.05) is 18.4 Å². The van der Waals surface area contributed by atoms with Gasteiger partial charge in [-0.05, 0) is 47.9 Å². The maximum Gasteiger partial charge on any atom is 0.270 e. The normalized spacial score (nSPS) is 22.6. The first-order valence-electron chi connectivity index (χ1n) is 9.64. The van der Waals surface area contributed by atoms with Crippen LogP contribution in [0.5, 0.6) is 5.75 Å². The molecular formula is C23H21N3O3. The lowest BCUT2D eigenvalue weighted by Crippen LogP contribution is -2.42. The number of nitrogens with zero attached hydrogens (tertiary/aromatic N) is 1. The third kappa shape index (κ3) is 2.49. The SMILES string of the molecule is COc1cccc(C2N(C(=O)c3ccc[nH]3)CCC23C(=O)Nc2ccccc23)c1. The van der Waals surface area contributed by atoms with Gasteiger partial charge in [-0.25, -0.2) is 0 Å². The number of carbonyl (C=O) groups excluding carboxylic acids is 2. The Bertz CT molecular complexity index is 1090. The lowest BCUT2D eigenvalue weighted by atomic mass is 9.72. The Labute approximate surface area is 168 Å². The Morgan fingerprint density at radius 3 is 2.79 bits per heavy atom. The van der Waals surface area contributed by atoms with Gasteiger partial charge in [0.05, 0.1) is 13.2 Å². The number of H-pyrrole nitrogens is 1. The van der Waals surface area contributed by atoms with Crippen molar-refractivity contribution in [2.75, 3.05) is 19.0 Å². The number of hydrogen-bond donors (Lipinski definition) is 2. The topological polar surface area (TPSA) is 74.4 Å². The maximum absolute atomic E-state index is 13.4. The molecule has 1 saturated heterocycles. The molecule has 0 radical (unpaired) electrons. The van der Waals surface area contributed by atoms with Gasteiger partial charge in [-0.3, -0.25) is 9.59 Å². The highest BCUT2D eigenvalue weighted by Gasteiger charge is 2.59. The number of aromatic amines is 1. The highest BCUT2D eigenvalue weighted by molar-refractivity contribution is 6.08. The Morgan fingerprint density at radius 1 is 1.14 bits per heavy atom. The van der Waals surface area contributed by atoms with E-state index in [-0.39, 0.29) is 11.8 Å². The second kappa shape index (κ2) is 6.51. The molecule has 6 nitrogen and oxygen atoms in total. The Balaban J connectivity index is 1.69. The largest absolute Gasteiger partial charge is 0.497 e. The van der Waals surface area contributed by atoms with Crippen LogP contribution in [-0.4, -0.2) is 35.4 Å². The van der Waals surface area contributed by atoms with E-state index in [1.54, 1.807) is 25.4 Å². The molecule has 1 spiro atoms. The van der Waals surface area contributed by atoms with Crippen LogP contribution >= 0.6 is 0 Å². The average molecular weight is 387 g/mol. The number of hydrogen-bond acceptors (Lipinski definition) is 3. The number of fused-ring (bicyclic) bond motifs is 2. The number of methoxy groups -OCH3 is 1. The van der Waals surface area contributed by atoms with Gasteiger partial charge in [0.15, 0.2) is 0 Å². The van der Waals surface area contributed by atoms with Crippen molar-refractivity contribution in [3.63, 3.8) is 0 Å². The van der Waals surface area contributed by atoms with E-state index in [9.17, 15) is 9.59 Å². The van der Waals surface area contributed by atoms with Crippen molar-refractivity contribution in [3.8, 4) is 5.75 Å². The minimum atomic E-state index is -0.828. The summed E-state index contributed by atoms with van der Waals surface area (Å²) in [6.45, 7) is 0.488. The van der Waals surface area contributed by atoms with Crippen LogP contribution in [0.4, 0.5) is 5.69 Å². The molecule has 2 aliphatic rings. The van der Waals surface area contributed by atoms with Crippen molar-refractivity contribution in [2.45, 2.75) is 17.9 Å². The molecule has 146 valence electrons. The van der Waals surface area contributed by atoms with Crippen molar-refractivity contribution in [1.82, 2.24) is 9.88 Å². The summed E-state index contributed by atoms with van der Waals surface area (Å²) in [5.74, 6) is 0.522. The zero-order valence-corrected chi connectivity index (χ0v) is 16.0. The Kier molecular flexibility index (Phi) is 3.94. The number of amides is 2. The molecule has 0 aliphatic carbocycles. The van der Waals surface area contributed by atoms with Crippen LogP contribution in [0, 0.1) is 0 Å². The molecule has 6 heteroatoms. The molecule has 2 N–H and O–H groups in total. The van der Waals surface area contributed by atoms with Crippen molar-refractivity contribution in [3.05, 3.63) is 83.7 Å². The summed E-state index contributed by atoms with van der Waals surface area (Å²) in [6, 6.07) is 18.5. The van der Waals surface area contributed by atoms with Crippen molar-refractivity contribution in [2.24, 2.45) is 0 Å². The van der Waals surface area contributed by atoms with Crippen LogP contribution in [0.2, 0.25) is 0 Å². The first kappa shape index (κ1) is 17.6. The number of para-hydroxylation sites is 1. The Hall–Kier alpha value is -3.54. The van der Waals surface area contributed by atoms with Crippen LogP contribution in [0.1, 0.15) is 34.1 Å². The molecule has 1 fully saturated rings. The number of ether oxygens (including phenoxy) is 1. The van der Waals surface area contributed by atoms with Gasteiger partial charge in [-0.1, -0.05) is 30.3 Å². The quantitative estimate of drug-likeness (QED) is 0.722. The minimum absolute atomic E-state index is 0.0618. The molecule has 2 atom stereocenters. The number of aromatic nitrogens is 1. The fraction of sp³-hybridized carbons (Fsp3) is 0.217. The third-order valence-electron chi connectivity index (χ3n) is 6.09. The van der Waals surface area contributed by atoms with Gasteiger partial charge < -0.3 is 19.9 Å². The average Bonchev–Trinajstić information content (AvgIpc) is 3.48. The number of benzene rings is 2. The number of likely N-dealkylation sites (tertiary alicyclic amines) is 1. The molecule has 2 aliphatic heterocycles. The van der Waals surface area contributed by atoms with Crippen molar-refractivity contribution in [1.29, 1.82) is 0 Å². The van der Waals surface area contributed by atoms with Gasteiger partial charge >= 0.3 is 0 Å². The number of nitrogens with one attached hydrogen (secondary N) is 2. The van der Waals surface area contributed by atoms with E-state index in [1.807, 2.05) is 53.4 Å². The van der Waals surface area contributed by atoms with Gasteiger partial charge in [0.1, 0.15) is 16.9 Å². The lowest BCUT2D eigenvalue weighted by Gasteiger charge is -2.34. The maximum atomic E-state index is 13.4. The van der Waals surface area contributed by atoms with E-state index in [0.29, 0.717) is 24.4 Å². The van der Waals surface area contributed by atoms with Gasteiger partial charge in [-0.15, -0.1) is 0 Å². The molecule has 2 unspecified atom stereocenters. The van der Waals surface area contributed by atoms with Crippen LogP contribution < -0.4 is 10.1 Å². The standard InChI is InChI=1S/C23H21N3O3/c1-29-16-7-4-6-15(14-16)20-23(17-8-2-3-9-18(17)25-22(23)28)11-13-26(20)21(27)19-10-5-12-24-19/h2-10,12,14,20,24H,11,13H2,1H3,(H,25,28). The molecule has 5 rings (SSSR count). The molecule has 2 aromatic carbocycles. The van der Waals surface area contributed by atoms with E-state index in [0.717, 1.165) is 16.8 Å². The summed E-state index contributed by atoms with van der Waals surface area (Å²) in [5.41, 5.74) is 2.33. The summed E-state index contributed by atoms with van der Waals surface area (Å²) in [5, 5.41) is 3.04. The molecule has 1 aromatic heterocycles. The zero-order valence-electron chi connectivity index (χ0n) is 16.0. The molecule has 2 amide bonds. The zero-order chi connectivity index (χ0) is 20.0. The minimum Gasteiger partial charge on any atom is -0.497 e. The van der Waals surface area contributed by atoms with E-state index >= 15 is 0 Å². The Morgan fingerprint density at radius 2 is 2.00 bits per heavy atom. The summed E-state index contributed by atoms with van der Waals surface area (Å²) in [4.78, 5) is 31.5. The second-order valence-electron chi connectivity index (χ2n) is 7.48. The highest BCUT2D eigenvalue weighted by atomic mass is 16.5. The van der Waals surface area contributed by atoms with Gasteiger partial charge in [0.25, 0.3) is 5.91 Å². The van der Waals surface area contributed by atoms with E-state index in [1.165, 1.54) is 0 Å². The van der Waals surface area contributed by atoms with Gasteiger partial charge in [-0.2, -0.15) is 0 Å². The lowest BCUT2D eigenvalue weighted by molar-refractivity contribution is -0.121. The molecule has 0 saturated carbocycles. The van der Waals surface area contributed by atoms with Gasteiger partial charge in [0.2, 0.25) is 5.91 Å². The molecule has 0 bridgehead atoms. The predicted octanol–water partition coefficient (Wildman–Crippen LogP) is 3.50. The number of carbonyl (C=O) groups is 2. The van der Waals surface area contributed by atoms with Crippen molar-refractivity contribution < 1.29 is 14.3 Å². The highest BCUT2D eigenvalue weighted by Crippen LogP contribution is 2.55. The smallest absolute Gasteiger partial charge is 0.270 e. The number of rotatable bonds is 3. The fourth-order valence-corrected chi connectivity index (χ4v) is 4.80. The first-order chi connectivity index (χ1) is 14.1. The summed E-state index contributed by atoms with van der Waals surface area (Å²) >= 11 is 0.